The molecule has 1 fully saturated rings. The molecular formula is C13H15NO4. The Kier molecular flexibility index (Phi) is 3.62. The van der Waals surface area contributed by atoms with Gasteiger partial charge in [-0.25, -0.2) is 4.79 Å². The van der Waals surface area contributed by atoms with E-state index in [1.807, 2.05) is 6.07 Å². The number of rotatable bonds is 3. The van der Waals surface area contributed by atoms with Crippen molar-refractivity contribution in [2.45, 2.75) is 31.3 Å². The highest BCUT2D eigenvalue weighted by Gasteiger charge is 2.26. The van der Waals surface area contributed by atoms with Crippen LogP contribution in [0, 0.1) is 0 Å². The standard InChI is InChI=1S/C13H15NO4/c15-12(16)9-4-1-3-8(7-9)10-5-2-6-11(14-10)13(17)18/h1,3-4,7,10-11,14H,2,5-6H2,(H,15,16)(H,17,18). The molecule has 1 heterocycles. The summed E-state index contributed by atoms with van der Waals surface area (Å²) >= 11 is 0. The van der Waals surface area contributed by atoms with Crippen LogP contribution in [0.3, 0.4) is 0 Å². The van der Waals surface area contributed by atoms with Gasteiger partial charge < -0.3 is 10.2 Å². The third kappa shape index (κ3) is 2.68. The van der Waals surface area contributed by atoms with Gasteiger partial charge in [0.25, 0.3) is 0 Å². The van der Waals surface area contributed by atoms with Gasteiger partial charge in [-0.1, -0.05) is 12.1 Å². The molecule has 0 amide bonds. The Balaban J connectivity index is 2.18. The summed E-state index contributed by atoms with van der Waals surface area (Å²) in [6.07, 6.45) is 2.27. The summed E-state index contributed by atoms with van der Waals surface area (Å²) in [4.78, 5) is 21.8. The maximum Gasteiger partial charge on any atom is 0.335 e. The normalized spacial score (nSPS) is 23.6. The van der Waals surface area contributed by atoms with Gasteiger partial charge in [0.1, 0.15) is 6.04 Å². The molecule has 0 aliphatic carbocycles. The largest absolute Gasteiger partial charge is 0.480 e. The fourth-order valence-corrected chi connectivity index (χ4v) is 2.28. The van der Waals surface area contributed by atoms with E-state index in [1.165, 1.54) is 6.07 Å². The molecule has 5 nitrogen and oxygen atoms in total. The van der Waals surface area contributed by atoms with Crippen molar-refractivity contribution in [3.8, 4) is 0 Å². The number of carboxylic acid groups (broad SMARTS) is 2. The number of nitrogens with one attached hydrogen (secondary N) is 1. The van der Waals surface area contributed by atoms with E-state index < -0.39 is 18.0 Å². The number of hydrogen-bond donors (Lipinski definition) is 3. The van der Waals surface area contributed by atoms with Crippen LogP contribution >= 0.6 is 0 Å². The highest BCUT2D eigenvalue weighted by Crippen LogP contribution is 2.26. The van der Waals surface area contributed by atoms with Gasteiger partial charge in [0.15, 0.2) is 0 Å². The van der Waals surface area contributed by atoms with Crippen LogP contribution < -0.4 is 5.32 Å². The molecule has 0 aromatic heterocycles. The lowest BCUT2D eigenvalue weighted by atomic mass is 9.92. The first-order valence-electron chi connectivity index (χ1n) is 5.90. The van der Waals surface area contributed by atoms with Gasteiger partial charge in [-0.05, 0) is 37.0 Å². The Hall–Kier alpha value is -1.88. The maximum absolute atomic E-state index is 10.9. The third-order valence-electron chi connectivity index (χ3n) is 3.22. The van der Waals surface area contributed by atoms with Crippen molar-refractivity contribution in [2.75, 3.05) is 0 Å². The van der Waals surface area contributed by atoms with Gasteiger partial charge in [-0.2, -0.15) is 0 Å². The molecule has 0 bridgehead atoms. The minimum absolute atomic E-state index is 0.0841. The van der Waals surface area contributed by atoms with Crippen molar-refractivity contribution >= 4 is 11.9 Å². The zero-order chi connectivity index (χ0) is 13.1. The second-order valence-electron chi connectivity index (χ2n) is 4.47. The molecule has 1 aliphatic rings. The lowest BCUT2D eigenvalue weighted by Crippen LogP contribution is -2.42. The van der Waals surface area contributed by atoms with Gasteiger partial charge in [-0.3, -0.25) is 10.1 Å². The summed E-state index contributed by atoms with van der Waals surface area (Å²) in [7, 11) is 0. The molecule has 0 radical (unpaired) electrons. The van der Waals surface area contributed by atoms with Gasteiger partial charge in [0, 0.05) is 6.04 Å². The number of carboxylic acids is 2. The van der Waals surface area contributed by atoms with E-state index in [9.17, 15) is 9.59 Å². The smallest absolute Gasteiger partial charge is 0.335 e. The lowest BCUT2D eigenvalue weighted by molar-refractivity contribution is -0.140. The van der Waals surface area contributed by atoms with Gasteiger partial charge in [-0.15, -0.1) is 0 Å². The quantitative estimate of drug-likeness (QED) is 0.758. The predicted molar refractivity (Wildman–Crippen MR) is 64.6 cm³/mol. The van der Waals surface area contributed by atoms with Gasteiger partial charge in [0.2, 0.25) is 0 Å². The topological polar surface area (TPSA) is 86.6 Å². The predicted octanol–water partition coefficient (Wildman–Crippen LogP) is 1.65. The molecule has 1 aromatic rings. The maximum atomic E-state index is 10.9. The monoisotopic (exact) mass is 249 g/mol. The van der Waals surface area contributed by atoms with Crippen LogP contribution in [0.15, 0.2) is 24.3 Å². The number of hydrogen-bond acceptors (Lipinski definition) is 3. The summed E-state index contributed by atoms with van der Waals surface area (Å²) in [5.74, 6) is -1.82. The summed E-state index contributed by atoms with van der Waals surface area (Å²) in [6.45, 7) is 0. The Morgan fingerprint density at radius 1 is 1.22 bits per heavy atom. The van der Waals surface area contributed by atoms with E-state index in [0.717, 1.165) is 18.4 Å². The molecule has 18 heavy (non-hydrogen) atoms. The van der Waals surface area contributed by atoms with Crippen LogP contribution in [-0.4, -0.2) is 28.2 Å². The zero-order valence-corrected chi connectivity index (χ0v) is 9.80. The molecule has 1 aromatic carbocycles. The number of piperidine rings is 1. The average Bonchev–Trinajstić information content (AvgIpc) is 2.39. The Bertz CT molecular complexity index is 472. The molecule has 2 atom stereocenters. The molecule has 5 heteroatoms. The van der Waals surface area contributed by atoms with Crippen LogP contribution in [0.25, 0.3) is 0 Å². The fraction of sp³-hybridized carbons (Fsp3) is 0.385. The average molecular weight is 249 g/mol. The fourth-order valence-electron chi connectivity index (χ4n) is 2.28. The summed E-state index contributed by atoms with van der Waals surface area (Å²) in [6, 6.07) is 6.02. The van der Waals surface area contributed by atoms with Crippen molar-refractivity contribution in [3.05, 3.63) is 35.4 Å². The minimum atomic E-state index is -0.970. The van der Waals surface area contributed by atoms with E-state index in [0.29, 0.717) is 6.42 Å². The van der Waals surface area contributed by atoms with Crippen LogP contribution in [0.1, 0.15) is 41.2 Å². The number of carbonyl (C=O) groups is 2. The van der Waals surface area contributed by atoms with Crippen molar-refractivity contribution in [1.29, 1.82) is 0 Å². The van der Waals surface area contributed by atoms with Crippen molar-refractivity contribution in [3.63, 3.8) is 0 Å². The Morgan fingerprint density at radius 3 is 2.67 bits per heavy atom. The van der Waals surface area contributed by atoms with E-state index in [4.69, 9.17) is 10.2 Å². The molecule has 2 unspecified atom stereocenters. The SMILES string of the molecule is O=C(O)c1cccc(C2CCCC(C(=O)O)N2)c1. The van der Waals surface area contributed by atoms with E-state index in [1.54, 1.807) is 12.1 Å². The second-order valence-corrected chi connectivity index (χ2v) is 4.47. The molecule has 1 saturated heterocycles. The molecule has 2 rings (SSSR count). The van der Waals surface area contributed by atoms with Gasteiger partial charge in [0.05, 0.1) is 5.56 Å². The number of aromatic carboxylic acids is 1. The Morgan fingerprint density at radius 2 is 2.00 bits per heavy atom. The van der Waals surface area contributed by atoms with Crippen molar-refractivity contribution in [1.82, 2.24) is 5.32 Å². The molecule has 0 saturated carbocycles. The molecule has 96 valence electrons. The first-order chi connectivity index (χ1) is 8.58. The Labute approximate surface area is 104 Å². The molecular weight excluding hydrogens is 234 g/mol. The van der Waals surface area contributed by atoms with Crippen molar-refractivity contribution < 1.29 is 19.8 Å². The first kappa shape index (κ1) is 12.6. The second kappa shape index (κ2) is 5.18. The minimum Gasteiger partial charge on any atom is -0.480 e. The molecule has 0 spiro atoms. The van der Waals surface area contributed by atoms with E-state index >= 15 is 0 Å². The first-order valence-corrected chi connectivity index (χ1v) is 5.90. The zero-order valence-electron chi connectivity index (χ0n) is 9.80. The highest BCUT2D eigenvalue weighted by molar-refractivity contribution is 5.87. The van der Waals surface area contributed by atoms with Crippen LogP contribution in [0.4, 0.5) is 0 Å². The highest BCUT2D eigenvalue weighted by atomic mass is 16.4. The lowest BCUT2D eigenvalue weighted by Gasteiger charge is -2.29. The number of aliphatic carboxylic acids is 1. The summed E-state index contributed by atoms with van der Waals surface area (Å²) < 4.78 is 0. The molecule has 3 N–H and O–H groups in total. The van der Waals surface area contributed by atoms with Crippen LogP contribution in [0.2, 0.25) is 0 Å². The van der Waals surface area contributed by atoms with Gasteiger partial charge >= 0.3 is 11.9 Å². The number of benzene rings is 1. The van der Waals surface area contributed by atoms with E-state index in [-0.39, 0.29) is 11.6 Å². The molecule has 1 aliphatic heterocycles. The summed E-state index contributed by atoms with van der Waals surface area (Å²) in [5.41, 5.74) is 1.06. The van der Waals surface area contributed by atoms with Crippen LogP contribution in [0.5, 0.6) is 0 Å². The van der Waals surface area contributed by atoms with Crippen LogP contribution in [-0.2, 0) is 4.79 Å². The summed E-state index contributed by atoms with van der Waals surface area (Å²) in [5, 5.41) is 21.0. The third-order valence-corrected chi connectivity index (χ3v) is 3.22. The van der Waals surface area contributed by atoms with E-state index in [2.05, 4.69) is 5.32 Å². The van der Waals surface area contributed by atoms with Crippen molar-refractivity contribution in [2.24, 2.45) is 0 Å².